The summed E-state index contributed by atoms with van der Waals surface area (Å²) in [6, 6.07) is 9.84. The Bertz CT molecular complexity index is 206. The fraction of sp³-hybridized carbons (Fsp3) is 0.333. The van der Waals surface area contributed by atoms with Crippen LogP contribution in [0.25, 0.3) is 0 Å². The molecule has 10 heavy (non-hydrogen) atoms. The van der Waals surface area contributed by atoms with Crippen molar-refractivity contribution in [3.05, 3.63) is 35.4 Å². The van der Waals surface area contributed by atoms with Crippen molar-refractivity contribution in [1.82, 2.24) is 0 Å². The second-order valence-corrected chi connectivity index (χ2v) is 3.52. The molecule has 0 amide bonds. The summed E-state index contributed by atoms with van der Waals surface area (Å²) in [5.74, 6) is 0. The zero-order chi connectivity index (χ0) is 7.40. The highest BCUT2D eigenvalue weighted by atomic mass is 28.2. The Labute approximate surface area is 65.1 Å². The van der Waals surface area contributed by atoms with Crippen LogP contribution in [0.5, 0.6) is 0 Å². The van der Waals surface area contributed by atoms with E-state index >= 15 is 0 Å². The minimum absolute atomic E-state index is 1.03. The van der Waals surface area contributed by atoms with Gasteiger partial charge in [-0.25, -0.2) is 0 Å². The Morgan fingerprint density at radius 1 is 1.30 bits per heavy atom. The number of rotatable bonds is 2. The van der Waals surface area contributed by atoms with Crippen molar-refractivity contribution in [1.29, 1.82) is 0 Å². The van der Waals surface area contributed by atoms with Gasteiger partial charge < -0.3 is 0 Å². The standard InChI is InChI=1S/C9H12Si/c1-8-5-3-4-6-9(8)7-10-2/h3-6H,7H2,1-2H3. The fourth-order valence-electron chi connectivity index (χ4n) is 0.999. The summed E-state index contributed by atoms with van der Waals surface area (Å²) in [6.07, 6.45) is 0. The molecule has 0 saturated heterocycles. The fourth-order valence-corrected chi connectivity index (χ4v) is 1.78. The van der Waals surface area contributed by atoms with E-state index in [1.54, 1.807) is 0 Å². The highest BCUT2D eigenvalue weighted by Crippen LogP contribution is 2.06. The van der Waals surface area contributed by atoms with Crippen LogP contribution in [0.15, 0.2) is 24.3 Å². The van der Waals surface area contributed by atoms with Crippen molar-refractivity contribution in [2.45, 2.75) is 19.5 Å². The number of hydrogen-bond acceptors (Lipinski definition) is 0. The largest absolute Gasteiger partial charge is 0.0730 e. The Balaban J connectivity index is 2.81. The molecule has 52 valence electrons. The molecular weight excluding hydrogens is 136 g/mol. The summed E-state index contributed by atoms with van der Waals surface area (Å²) < 4.78 is 0. The first-order valence-electron chi connectivity index (χ1n) is 3.53. The van der Waals surface area contributed by atoms with Crippen molar-refractivity contribution in [2.24, 2.45) is 0 Å². The lowest BCUT2D eigenvalue weighted by Gasteiger charge is -2.00. The molecule has 0 N–H and O–H groups in total. The third-order valence-corrected chi connectivity index (χ3v) is 2.36. The van der Waals surface area contributed by atoms with Gasteiger partial charge in [-0.1, -0.05) is 30.8 Å². The molecule has 1 heteroatoms. The van der Waals surface area contributed by atoms with E-state index in [1.165, 1.54) is 17.2 Å². The van der Waals surface area contributed by atoms with Gasteiger partial charge >= 0.3 is 0 Å². The van der Waals surface area contributed by atoms with Crippen LogP contribution in [0.2, 0.25) is 6.55 Å². The van der Waals surface area contributed by atoms with Crippen LogP contribution in [-0.4, -0.2) is 9.52 Å². The van der Waals surface area contributed by atoms with Gasteiger partial charge in [0.2, 0.25) is 0 Å². The van der Waals surface area contributed by atoms with E-state index in [-0.39, 0.29) is 0 Å². The summed E-state index contributed by atoms with van der Waals surface area (Å²) in [5.41, 5.74) is 2.93. The smallest absolute Gasteiger partial charge is 0.0394 e. The maximum Gasteiger partial charge on any atom is 0.0394 e. The van der Waals surface area contributed by atoms with Gasteiger partial charge in [-0.3, -0.25) is 0 Å². The van der Waals surface area contributed by atoms with E-state index in [1.807, 2.05) is 0 Å². The van der Waals surface area contributed by atoms with Crippen LogP contribution in [0, 0.1) is 6.92 Å². The van der Waals surface area contributed by atoms with Crippen molar-refractivity contribution in [3.8, 4) is 0 Å². The van der Waals surface area contributed by atoms with Gasteiger partial charge in [-0.2, -0.15) is 0 Å². The van der Waals surface area contributed by atoms with E-state index in [0.717, 1.165) is 9.52 Å². The number of aryl methyl sites for hydroxylation is 1. The lowest BCUT2D eigenvalue weighted by Crippen LogP contribution is -1.93. The normalized spacial score (nSPS) is 9.80. The van der Waals surface area contributed by atoms with Crippen LogP contribution in [0.3, 0.4) is 0 Å². The molecular formula is C9H12Si. The first-order chi connectivity index (χ1) is 4.84. The van der Waals surface area contributed by atoms with Gasteiger partial charge in [0.25, 0.3) is 0 Å². The third kappa shape index (κ3) is 1.71. The van der Waals surface area contributed by atoms with Crippen LogP contribution in [0.4, 0.5) is 0 Å². The quantitative estimate of drug-likeness (QED) is 0.564. The molecule has 0 aliphatic carbocycles. The van der Waals surface area contributed by atoms with Gasteiger partial charge in [0.05, 0.1) is 0 Å². The van der Waals surface area contributed by atoms with Gasteiger partial charge in [-0.05, 0) is 24.1 Å². The first kappa shape index (κ1) is 7.54. The number of hydrogen-bond donors (Lipinski definition) is 0. The third-order valence-electron chi connectivity index (χ3n) is 1.63. The average molecular weight is 148 g/mol. The Hall–Kier alpha value is -0.563. The summed E-state index contributed by atoms with van der Waals surface area (Å²) in [7, 11) is 1.03. The van der Waals surface area contributed by atoms with Gasteiger partial charge in [0.1, 0.15) is 0 Å². The predicted octanol–water partition coefficient (Wildman–Crippen LogP) is 2.25. The summed E-state index contributed by atoms with van der Waals surface area (Å²) in [5, 5.41) is 0. The van der Waals surface area contributed by atoms with Gasteiger partial charge in [0.15, 0.2) is 0 Å². The monoisotopic (exact) mass is 148 g/mol. The Morgan fingerprint density at radius 2 is 2.00 bits per heavy atom. The summed E-state index contributed by atoms with van der Waals surface area (Å²) >= 11 is 0. The summed E-state index contributed by atoms with van der Waals surface area (Å²) in [4.78, 5) is 0. The molecule has 1 aromatic rings. The van der Waals surface area contributed by atoms with Crippen molar-refractivity contribution < 1.29 is 0 Å². The van der Waals surface area contributed by atoms with Crippen LogP contribution in [-0.2, 0) is 6.04 Å². The molecule has 0 bridgehead atoms. The van der Waals surface area contributed by atoms with Crippen molar-refractivity contribution >= 4 is 9.52 Å². The lowest BCUT2D eigenvalue weighted by atomic mass is 10.1. The van der Waals surface area contributed by atoms with E-state index in [9.17, 15) is 0 Å². The SMILES string of the molecule is C[Si]Cc1ccccc1C. The van der Waals surface area contributed by atoms with Gasteiger partial charge in [-0.15, -0.1) is 0 Å². The van der Waals surface area contributed by atoms with Crippen LogP contribution in [0.1, 0.15) is 11.1 Å². The van der Waals surface area contributed by atoms with E-state index in [2.05, 4.69) is 37.7 Å². The second-order valence-electron chi connectivity index (χ2n) is 2.46. The maximum atomic E-state index is 2.24. The van der Waals surface area contributed by atoms with Crippen LogP contribution >= 0.6 is 0 Å². The van der Waals surface area contributed by atoms with E-state index in [0.29, 0.717) is 0 Å². The minimum atomic E-state index is 1.03. The molecule has 0 aliphatic heterocycles. The van der Waals surface area contributed by atoms with Crippen LogP contribution < -0.4 is 0 Å². The predicted molar refractivity (Wildman–Crippen MR) is 46.5 cm³/mol. The molecule has 0 fully saturated rings. The molecule has 0 saturated carbocycles. The average Bonchev–Trinajstić information content (AvgIpc) is 1.94. The summed E-state index contributed by atoms with van der Waals surface area (Å²) in [6.45, 7) is 4.42. The molecule has 0 atom stereocenters. The molecule has 0 unspecified atom stereocenters. The lowest BCUT2D eigenvalue weighted by molar-refractivity contribution is 1.29. The molecule has 0 aromatic heterocycles. The Morgan fingerprint density at radius 3 is 2.60 bits per heavy atom. The molecule has 0 aliphatic rings. The topological polar surface area (TPSA) is 0 Å². The molecule has 0 nitrogen and oxygen atoms in total. The molecule has 0 heterocycles. The maximum absolute atomic E-state index is 2.24. The molecule has 1 rings (SSSR count). The van der Waals surface area contributed by atoms with Crippen molar-refractivity contribution in [3.63, 3.8) is 0 Å². The highest BCUT2D eigenvalue weighted by Gasteiger charge is 1.92. The highest BCUT2D eigenvalue weighted by molar-refractivity contribution is 6.32. The van der Waals surface area contributed by atoms with E-state index < -0.39 is 0 Å². The van der Waals surface area contributed by atoms with E-state index in [4.69, 9.17) is 0 Å². The van der Waals surface area contributed by atoms with Crippen molar-refractivity contribution in [2.75, 3.05) is 0 Å². The van der Waals surface area contributed by atoms with Gasteiger partial charge in [0, 0.05) is 9.52 Å². The minimum Gasteiger partial charge on any atom is -0.0730 e. The Kier molecular flexibility index (Phi) is 2.69. The zero-order valence-corrected chi connectivity index (χ0v) is 7.52. The number of benzene rings is 1. The molecule has 2 radical (unpaired) electrons. The first-order valence-corrected chi connectivity index (χ1v) is 5.24. The second kappa shape index (κ2) is 3.57. The zero-order valence-electron chi connectivity index (χ0n) is 6.52. The molecule has 1 aromatic carbocycles. The molecule has 0 spiro atoms.